The van der Waals surface area contributed by atoms with Crippen LogP contribution >= 0.6 is 0 Å². The molecule has 134 valence electrons. The molecule has 2 aliphatic rings. The summed E-state index contributed by atoms with van der Waals surface area (Å²) in [6.07, 6.45) is 2.33. The summed E-state index contributed by atoms with van der Waals surface area (Å²) < 4.78 is 13.1. The van der Waals surface area contributed by atoms with Crippen molar-refractivity contribution >= 4 is 23.4 Å². The number of benzene rings is 1. The predicted octanol–water partition coefficient (Wildman–Crippen LogP) is 2.88. The summed E-state index contributed by atoms with van der Waals surface area (Å²) in [5.41, 5.74) is -0.175. The monoisotopic (exact) mass is 346 g/mol. The minimum atomic E-state index is -0.791. The molecule has 2 fully saturated rings. The maximum absolute atomic E-state index is 13.1. The summed E-state index contributed by atoms with van der Waals surface area (Å²) in [6.45, 7) is 5.81. The largest absolute Gasteiger partial charge is 0.325 e. The molecule has 1 aromatic rings. The van der Waals surface area contributed by atoms with Gasteiger partial charge in [-0.15, -0.1) is 0 Å². The lowest BCUT2D eigenvalue weighted by molar-refractivity contribution is -0.146. The lowest BCUT2D eigenvalue weighted by atomic mass is 9.95. The first-order valence-electron chi connectivity index (χ1n) is 8.72. The lowest BCUT2D eigenvalue weighted by Gasteiger charge is -2.41. The van der Waals surface area contributed by atoms with Gasteiger partial charge in [0.1, 0.15) is 11.9 Å². The number of imide groups is 1. The van der Waals surface area contributed by atoms with Gasteiger partial charge in [0.2, 0.25) is 11.8 Å². The number of carbonyl (C=O) groups is 3. The van der Waals surface area contributed by atoms with Gasteiger partial charge < -0.3 is 4.90 Å². The number of amides is 3. The van der Waals surface area contributed by atoms with Crippen LogP contribution in [-0.4, -0.2) is 34.2 Å². The molecule has 1 saturated heterocycles. The first kappa shape index (κ1) is 17.6. The number of nitrogens with zero attached hydrogens (tertiary/aromatic N) is 2. The van der Waals surface area contributed by atoms with Crippen LogP contribution in [0.3, 0.4) is 0 Å². The van der Waals surface area contributed by atoms with E-state index < -0.39 is 23.3 Å². The van der Waals surface area contributed by atoms with Crippen molar-refractivity contribution in [2.75, 3.05) is 4.90 Å². The lowest BCUT2D eigenvalue weighted by Crippen LogP contribution is -2.56. The fraction of sp³-hybridized carbons (Fsp3) is 0.526. The zero-order valence-electron chi connectivity index (χ0n) is 14.8. The minimum absolute atomic E-state index is 0.0297. The molecule has 0 N–H and O–H groups in total. The molecular weight excluding hydrogens is 323 g/mol. The highest BCUT2D eigenvalue weighted by Gasteiger charge is 2.50. The number of hydrogen-bond acceptors (Lipinski definition) is 3. The Balaban J connectivity index is 1.92. The van der Waals surface area contributed by atoms with Gasteiger partial charge in [-0.25, -0.2) is 9.29 Å². The van der Waals surface area contributed by atoms with Crippen molar-refractivity contribution in [3.63, 3.8) is 0 Å². The van der Waals surface area contributed by atoms with Gasteiger partial charge in [-0.1, -0.05) is 6.92 Å². The zero-order valence-corrected chi connectivity index (χ0v) is 14.8. The first-order valence-corrected chi connectivity index (χ1v) is 8.72. The quantitative estimate of drug-likeness (QED) is 0.770. The van der Waals surface area contributed by atoms with Gasteiger partial charge in [-0.2, -0.15) is 0 Å². The van der Waals surface area contributed by atoms with E-state index in [9.17, 15) is 18.8 Å². The van der Waals surface area contributed by atoms with Gasteiger partial charge in [-0.05, 0) is 57.4 Å². The highest BCUT2D eigenvalue weighted by molar-refractivity contribution is 6.23. The van der Waals surface area contributed by atoms with E-state index in [4.69, 9.17) is 0 Å². The second-order valence-corrected chi connectivity index (χ2v) is 7.41. The van der Waals surface area contributed by atoms with Gasteiger partial charge in [0.25, 0.3) is 5.91 Å². The Morgan fingerprint density at radius 1 is 1.24 bits per heavy atom. The third-order valence-electron chi connectivity index (χ3n) is 5.20. The molecular formula is C19H23FN2O3. The smallest absolute Gasteiger partial charge is 0.257 e. The van der Waals surface area contributed by atoms with E-state index in [0.29, 0.717) is 12.1 Å². The molecule has 3 amide bonds. The molecule has 0 aromatic heterocycles. The van der Waals surface area contributed by atoms with Crippen molar-refractivity contribution in [3.8, 4) is 0 Å². The van der Waals surface area contributed by atoms with Crippen LogP contribution in [0, 0.1) is 11.7 Å². The Labute approximate surface area is 146 Å². The molecule has 0 bridgehead atoms. The SMILES string of the molecule is CCC(C)(C)N(C(=O)C1CC1)C1CC(=O)N(c2ccc(F)cc2)C1=O. The van der Waals surface area contributed by atoms with Crippen LogP contribution in [0.4, 0.5) is 10.1 Å². The van der Waals surface area contributed by atoms with Crippen LogP contribution < -0.4 is 4.90 Å². The van der Waals surface area contributed by atoms with E-state index in [0.717, 1.165) is 17.7 Å². The van der Waals surface area contributed by atoms with Crippen molar-refractivity contribution in [1.82, 2.24) is 4.90 Å². The predicted molar refractivity (Wildman–Crippen MR) is 91.2 cm³/mol. The average molecular weight is 346 g/mol. The van der Waals surface area contributed by atoms with Crippen LogP contribution in [0.25, 0.3) is 0 Å². The van der Waals surface area contributed by atoms with E-state index in [-0.39, 0.29) is 24.2 Å². The van der Waals surface area contributed by atoms with Crippen molar-refractivity contribution in [3.05, 3.63) is 30.1 Å². The molecule has 1 heterocycles. The van der Waals surface area contributed by atoms with Crippen LogP contribution in [0.2, 0.25) is 0 Å². The maximum atomic E-state index is 13.1. The molecule has 5 nitrogen and oxygen atoms in total. The summed E-state index contributed by atoms with van der Waals surface area (Å²) in [5.74, 6) is -1.28. The number of carbonyl (C=O) groups excluding carboxylic acids is 3. The van der Waals surface area contributed by atoms with E-state index in [1.54, 1.807) is 4.90 Å². The molecule has 6 heteroatoms. The average Bonchev–Trinajstić information content (AvgIpc) is 3.37. The molecule has 1 saturated carbocycles. The second kappa shape index (κ2) is 6.24. The Morgan fingerprint density at radius 2 is 1.84 bits per heavy atom. The third kappa shape index (κ3) is 3.17. The highest BCUT2D eigenvalue weighted by Crippen LogP contribution is 2.38. The van der Waals surface area contributed by atoms with Gasteiger partial charge in [-0.3, -0.25) is 14.4 Å². The molecule has 1 atom stereocenters. The van der Waals surface area contributed by atoms with E-state index in [1.165, 1.54) is 24.3 Å². The molecule has 1 aliphatic carbocycles. The second-order valence-electron chi connectivity index (χ2n) is 7.41. The van der Waals surface area contributed by atoms with Gasteiger partial charge in [0.15, 0.2) is 0 Å². The molecule has 25 heavy (non-hydrogen) atoms. The van der Waals surface area contributed by atoms with Crippen molar-refractivity contribution in [2.24, 2.45) is 5.92 Å². The third-order valence-corrected chi connectivity index (χ3v) is 5.20. The highest BCUT2D eigenvalue weighted by atomic mass is 19.1. The number of anilines is 1. The van der Waals surface area contributed by atoms with E-state index in [1.807, 2.05) is 20.8 Å². The number of rotatable bonds is 5. The van der Waals surface area contributed by atoms with Gasteiger partial charge >= 0.3 is 0 Å². The van der Waals surface area contributed by atoms with Crippen molar-refractivity contribution in [1.29, 1.82) is 0 Å². The Morgan fingerprint density at radius 3 is 2.36 bits per heavy atom. The molecule has 0 spiro atoms. The van der Waals surface area contributed by atoms with Crippen LogP contribution in [0.5, 0.6) is 0 Å². The van der Waals surface area contributed by atoms with E-state index >= 15 is 0 Å². The number of hydrogen-bond donors (Lipinski definition) is 0. The zero-order chi connectivity index (χ0) is 18.4. The fourth-order valence-corrected chi connectivity index (χ4v) is 3.25. The maximum Gasteiger partial charge on any atom is 0.257 e. The molecule has 1 unspecified atom stereocenters. The Hall–Kier alpha value is -2.24. The van der Waals surface area contributed by atoms with Crippen molar-refractivity contribution < 1.29 is 18.8 Å². The number of halogens is 1. The summed E-state index contributed by atoms with van der Waals surface area (Å²) >= 11 is 0. The van der Waals surface area contributed by atoms with Crippen LogP contribution in [0.15, 0.2) is 24.3 Å². The topological polar surface area (TPSA) is 57.7 Å². The van der Waals surface area contributed by atoms with Crippen LogP contribution in [-0.2, 0) is 14.4 Å². The molecule has 1 aliphatic heterocycles. The van der Waals surface area contributed by atoms with E-state index in [2.05, 4.69) is 0 Å². The first-order chi connectivity index (χ1) is 11.8. The molecule has 0 radical (unpaired) electrons. The minimum Gasteiger partial charge on any atom is -0.325 e. The normalized spacial score (nSPS) is 21.0. The molecule has 1 aromatic carbocycles. The fourth-order valence-electron chi connectivity index (χ4n) is 3.25. The standard InChI is InChI=1S/C19H23FN2O3/c1-4-19(2,3)22(17(24)12-5-6-12)15-11-16(23)21(18(15)25)14-9-7-13(20)8-10-14/h7-10,12,15H,4-6,11H2,1-3H3. The van der Waals surface area contributed by atoms with Gasteiger partial charge in [0.05, 0.1) is 12.1 Å². The molecule has 3 rings (SSSR count). The summed E-state index contributed by atoms with van der Waals surface area (Å²) in [6, 6.07) is 4.45. The van der Waals surface area contributed by atoms with Crippen LogP contribution in [0.1, 0.15) is 46.5 Å². The Bertz CT molecular complexity index is 710. The van der Waals surface area contributed by atoms with Crippen molar-refractivity contribution in [2.45, 2.75) is 58.0 Å². The van der Waals surface area contributed by atoms with Gasteiger partial charge in [0, 0.05) is 11.5 Å². The summed E-state index contributed by atoms with van der Waals surface area (Å²) in [7, 11) is 0. The summed E-state index contributed by atoms with van der Waals surface area (Å²) in [4.78, 5) is 41.0. The Kier molecular flexibility index (Phi) is 4.39. The summed E-state index contributed by atoms with van der Waals surface area (Å²) in [5, 5.41) is 0.